The number of halogens is 1. The van der Waals surface area contributed by atoms with Crippen molar-refractivity contribution in [2.75, 3.05) is 17.7 Å². The zero-order valence-corrected chi connectivity index (χ0v) is 11.4. The van der Waals surface area contributed by atoms with Crippen molar-refractivity contribution in [2.45, 2.75) is 6.54 Å². The third kappa shape index (κ3) is 2.98. The topological polar surface area (TPSA) is 53.0 Å². The van der Waals surface area contributed by atoms with Crippen LogP contribution in [0.5, 0.6) is 0 Å². The lowest BCUT2D eigenvalue weighted by Crippen LogP contribution is -2.17. The van der Waals surface area contributed by atoms with Crippen LogP contribution in [0.15, 0.2) is 42.5 Å². The van der Waals surface area contributed by atoms with Gasteiger partial charge in [0.05, 0.1) is 22.3 Å². The average Bonchev–Trinajstić information content (AvgIpc) is 2.41. The molecule has 2 aromatic rings. The molecule has 0 saturated heterocycles. The monoisotopic (exact) mass is 271 g/mol. The Morgan fingerprint density at radius 3 is 2.63 bits per heavy atom. The minimum Gasteiger partial charge on any atom is -0.398 e. The van der Waals surface area contributed by atoms with E-state index in [0.717, 1.165) is 16.9 Å². The summed E-state index contributed by atoms with van der Waals surface area (Å²) in [6.45, 7) is 0.665. The molecule has 2 N–H and O–H groups in total. The molecule has 0 radical (unpaired) electrons. The standard InChI is InChI=1S/C15H14ClN3/c1-19(10-12-4-2-3-5-14(12)18)15-7-6-11(9-17)8-13(15)16/h2-8H,10,18H2,1H3. The molecule has 0 aliphatic rings. The van der Waals surface area contributed by atoms with Gasteiger partial charge < -0.3 is 10.6 Å². The Morgan fingerprint density at radius 2 is 2.00 bits per heavy atom. The highest BCUT2D eigenvalue weighted by atomic mass is 35.5. The molecule has 19 heavy (non-hydrogen) atoms. The van der Waals surface area contributed by atoms with Gasteiger partial charge in [-0.15, -0.1) is 0 Å². The molecule has 4 heteroatoms. The second-order valence-electron chi connectivity index (χ2n) is 4.33. The predicted octanol–water partition coefficient (Wildman–Crippen LogP) is 3.43. The molecule has 0 atom stereocenters. The molecule has 0 aliphatic heterocycles. The van der Waals surface area contributed by atoms with E-state index in [9.17, 15) is 0 Å². The average molecular weight is 272 g/mol. The summed E-state index contributed by atoms with van der Waals surface area (Å²) >= 11 is 6.19. The van der Waals surface area contributed by atoms with Crippen molar-refractivity contribution in [3.05, 3.63) is 58.6 Å². The van der Waals surface area contributed by atoms with Crippen LogP contribution in [0.4, 0.5) is 11.4 Å². The molecule has 0 aliphatic carbocycles. The second kappa shape index (κ2) is 5.64. The molecule has 3 nitrogen and oxygen atoms in total. The first kappa shape index (κ1) is 13.3. The van der Waals surface area contributed by atoms with Gasteiger partial charge in [0.1, 0.15) is 0 Å². The number of benzene rings is 2. The number of nitrogens with two attached hydrogens (primary N) is 1. The Kier molecular flexibility index (Phi) is 3.94. The minimum absolute atomic E-state index is 0.557. The minimum atomic E-state index is 0.557. The number of anilines is 2. The van der Waals surface area contributed by atoms with Gasteiger partial charge in [-0.05, 0) is 29.8 Å². The number of nitrogen functional groups attached to an aromatic ring is 1. The molecule has 0 aromatic heterocycles. The van der Waals surface area contributed by atoms with Crippen molar-refractivity contribution < 1.29 is 0 Å². The fraction of sp³-hybridized carbons (Fsp3) is 0.133. The van der Waals surface area contributed by atoms with Crippen molar-refractivity contribution in [1.29, 1.82) is 5.26 Å². The normalized spacial score (nSPS) is 9.95. The zero-order valence-electron chi connectivity index (χ0n) is 10.6. The van der Waals surface area contributed by atoms with E-state index in [1.54, 1.807) is 12.1 Å². The van der Waals surface area contributed by atoms with E-state index in [2.05, 4.69) is 6.07 Å². The Morgan fingerprint density at radius 1 is 1.26 bits per heavy atom. The van der Waals surface area contributed by atoms with Gasteiger partial charge >= 0.3 is 0 Å². The van der Waals surface area contributed by atoms with Crippen LogP contribution in [-0.2, 0) is 6.54 Å². The highest BCUT2D eigenvalue weighted by Crippen LogP contribution is 2.27. The van der Waals surface area contributed by atoms with E-state index in [1.165, 1.54) is 0 Å². The Balaban J connectivity index is 2.24. The lowest BCUT2D eigenvalue weighted by molar-refractivity contribution is 0.925. The Bertz CT molecular complexity index is 632. The van der Waals surface area contributed by atoms with E-state index in [4.69, 9.17) is 22.6 Å². The van der Waals surface area contributed by atoms with Crippen molar-refractivity contribution in [3.63, 3.8) is 0 Å². The third-order valence-electron chi connectivity index (χ3n) is 2.95. The second-order valence-corrected chi connectivity index (χ2v) is 4.74. The summed E-state index contributed by atoms with van der Waals surface area (Å²) in [5, 5.41) is 9.39. The van der Waals surface area contributed by atoms with Gasteiger partial charge in [-0.3, -0.25) is 0 Å². The van der Waals surface area contributed by atoms with Crippen molar-refractivity contribution in [2.24, 2.45) is 0 Å². The number of hydrogen-bond acceptors (Lipinski definition) is 3. The SMILES string of the molecule is CN(Cc1ccccc1N)c1ccc(C#N)cc1Cl. The van der Waals surface area contributed by atoms with E-state index >= 15 is 0 Å². The Hall–Kier alpha value is -2.18. The summed E-state index contributed by atoms with van der Waals surface area (Å²) in [6, 6.07) is 15.1. The van der Waals surface area contributed by atoms with E-state index in [-0.39, 0.29) is 0 Å². The van der Waals surface area contributed by atoms with E-state index < -0.39 is 0 Å². The number of rotatable bonds is 3. The molecule has 0 spiro atoms. The molecule has 0 amide bonds. The van der Waals surface area contributed by atoms with E-state index in [0.29, 0.717) is 17.1 Å². The summed E-state index contributed by atoms with van der Waals surface area (Å²) in [5.74, 6) is 0. The molecule has 2 aromatic carbocycles. The zero-order chi connectivity index (χ0) is 13.8. The number of para-hydroxylation sites is 1. The first-order valence-electron chi connectivity index (χ1n) is 5.86. The molecule has 0 bridgehead atoms. The van der Waals surface area contributed by atoms with Gasteiger partial charge in [0.2, 0.25) is 0 Å². The molecule has 96 valence electrons. The molecular weight excluding hydrogens is 258 g/mol. The fourth-order valence-electron chi connectivity index (χ4n) is 1.90. The summed E-state index contributed by atoms with van der Waals surface area (Å²) in [5.41, 5.74) is 9.17. The van der Waals surface area contributed by atoms with Crippen LogP contribution in [0.2, 0.25) is 5.02 Å². The maximum atomic E-state index is 8.82. The van der Waals surface area contributed by atoms with Crippen LogP contribution in [-0.4, -0.2) is 7.05 Å². The van der Waals surface area contributed by atoms with Crippen molar-refractivity contribution in [3.8, 4) is 6.07 Å². The van der Waals surface area contributed by atoms with Gasteiger partial charge in [-0.25, -0.2) is 0 Å². The van der Waals surface area contributed by atoms with Crippen molar-refractivity contribution >= 4 is 23.0 Å². The first-order chi connectivity index (χ1) is 9.11. The van der Waals surface area contributed by atoms with Crippen LogP contribution in [0, 0.1) is 11.3 Å². The van der Waals surface area contributed by atoms with Crippen LogP contribution < -0.4 is 10.6 Å². The maximum absolute atomic E-state index is 8.82. The lowest BCUT2D eigenvalue weighted by Gasteiger charge is -2.21. The summed E-state index contributed by atoms with van der Waals surface area (Å²) in [6.07, 6.45) is 0. The number of hydrogen-bond donors (Lipinski definition) is 1. The predicted molar refractivity (Wildman–Crippen MR) is 79.1 cm³/mol. The van der Waals surface area contributed by atoms with Crippen LogP contribution in [0.1, 0.15) is 11.1 Å². The molecular formula is C15H14ClN3. The highest BCUT2D eigenvalue weighted by molar-refractivity contribution is 6.33. The quantitative estimate of drug-likeness (QED) is 0.870. The van der Waals surface area contributed by atoms with Crippen molar-refractivity contribution in [1.82, 2.24) is 0 Å². The Labute approximate surface area is 117 Å². The number of nitrogens with zero attached hydrogens (tertiary/aromatic N) is 2. The van der Waals surface area contributed by atoms with Crippen LogP contribution in [0.25, 0.3) is 0 Å². The van der Waals surface area contributed by atoms with Gasteiger partial charge in [-0.2, -0.15) is 5.26 Å². The summed E-state index contributed by atoms with van der Waals surface area (Å²) in [7, 11) is 1.94. The van der Waals surface area contributed by atoms with Crippen LogP contribution in [0.3, 0.4) is 0 Å². The maximum Gasteiger partial charge on any atom is 0.0992 e. The molecule has 0 fully saturated rings. The summed E-state index contributed by atoms with van der Waals surface area (Å²) < 4.78 is 0. The smallest absolute Gasteiger partial charge is 0.0992 e. The molecule has 0 saturated carbocycles. The third-order valence-corrected chi connectivity index (χ3v) is 3.25. The highest BCUT2D eigenvalue weighted by Gasteiger charge is 2.09. The molecule has 0 heterocycles. The largest absolute Gasteiger partial charge is 0.398 e. The lowest BCUT2D eigenvalue weighted by atomic mass is 10.1. The van der Waals surface area contributed by atoms with Gasteiger partial charge in [0.25, 0.3) is 0 Å². The molecule has 0 unspecified atom stereocenters. The fourth-order valence-corrected chi connectivity index (χ4v) is 2.23. The first-order valence-corrected chi connectivity index (χ1v) is 6.24. The summed E-state index contributed by atoms with van der Waals surface area (Å²) in [4.78, 5) is 2.01. The van der Waals surface area contributed by atoms with Gasteiger partial charge in [0.15, 0.2) is 0 Å². The molecule has 2 rings (SSSR count). The van der Waals surface area contributed by atoms with Crippen LogP contribution >= 0.6 is 11.6 Å². The number of nitriles is 1. The van der Waals surface area contributed by atoms with E-state index in [1.807, 2.05) is 42.3 Å². The van der Waals surface area contributed by atoms with Gasteiger partial charge in [0, 0.05) is 19.3 Å². The van der Waals surface area contributed by atoms with Gasteiger partial charge in [-0.1, -0.05) is 29.8 Å².